The van der Waals surface area contributed by atoms with Crippen molar-refractivity contribution in [1.82, 2.24) is 0 Å². The Morgan fingerprint density at radius 1 is 0.460 bits per heavy atom. The van der Waals surface area contributed by atoms with Crippen molar-refractivity contribution in [1.29, 1.82) is 0 Å². The van der Waals surface area contributed by atoms with E-state index in [4.69, 9.17) is 28.4 Å². The van der Waals surface area contributed by atoms with Crippen LogP contribution in [-0.4, -0.2) is 92.9 Å². The van der Waals surface area contributed by atoms with Crippen LogP contribution in [-0.2, 0) is 25.7 Å². The molecule has 0 radical (unpaired) electrons. The Hall–Kier alpha value is -4.40. The van der Waals surface area contributed by atoms with Crippen molar-refractivity contribution in [3.05, 3.63) is 94.0 Å². The molecule has 8 heteroatoms. The predicted molar refractivity (Wildman–Crippen MR) is 198 cm³/mol. The predicted octanol–water partition coefficient (Wildman–Crippen LogP) is 7.24. The summed E-state index contributed by atoms with van der Waals surface area (Å²) in [6.45, 7) is 2.09. The van der Waals surface area contributed by atoms with Crippen molar-refractivity contribution in [3.8, 4) is 45.6 Å². The van der Waals surface area contributed by atoms with Gasteiger partial charge in [0.15, 0.2) is 23.0 Å². The van der Waals surface area contributed by atoms with Crippen LogP contribution in [0.4, 0.5) is 0 Å². The fourth-order valence-corrected chi connectivity index (χ4v) is 8.15. The van der Waals surface area contributed by atoms with E-state index in [-0.39, 0.29) is 12.1 Å². The highest BCUT2D eigenvalue weighted by atomic mass is 16.5. The quantitative estimate of drug-likeness (QED) is 0.156. The smallest absolute Gasteiger partial charge is 0.161 e. The molecule has 0 N–H and O–H groups in total. The second-order valence-corrected chi connectivity index (χ2v) is 14.8. The lowest BCUT2D eigenvalue weighted by Gasteiger charge is -2.43. The maximum absolute atomic E-state index is 6.00. The Balaban J connectivity index is 1.39. The lowest BCUT2D eigenvalue weighted by atomic mass is 9.85. The van der Waals surface area contributed by atoms with Gasteiger partial charge in [-0.05, 0) is 70.8 Å². The number of benzene rings is 4. The van der Waals surface area contributed by atoms with E-state index < -0.39 is 0 Å². The Kier molecular flexibility index (Phi) is 9.98. The molecule has 0 aliphatic carbocycles. The van der Waals surface area contributed by atoms with Gasteiger partial charge < -0.3 is 37.4 Å². The molecule has 0 saturated carbocycles. The van der Waals surface area contributed by atoms with Gasteiger partial charge in [-0.2, -0.15) is 0 Å². The number of fused-ring (bicyclic) bond motifs is 2. The summed E-state index contributed by atoms with van der Waals surface area (Å²) in [7, 11) is 19.6. The van der Waals surface area contributed by atoms with Gasteiger partial charge in [-0.25, -0.2) is 0 Å². The molecule has 0 spiro atoms. The molecule has 0 fully saturated rings. The summed E-state index contributed by atoms with van der Waals surface area (Å²) in [6, 6.07) is 22.4. The van der Waals surface area contributed by atoms with Crippen molar-refractivity contribution < 1.29 is 37.4 Å². The third kappa shape index (κ3) is 6.59. The molecule has 4 aromatic carbocycles. The first kappa shape index (κ1) is 35.4. The summed E-state index contributed by atoms with van der Waals surface area (Å²) in [5, 5.41) is 0. The van der Waals surface area contributed by atoms with Crippen LogP contribution in [0.1, 0.15) is 45.5 Å². The third-order valence-electron chi connectivity index (χ3n) is 11.3. The molecule has 0 saturated heterocycles. The molecule has 50 heavy (non-hydrogen) atoms. The summed E-state index contributed by atoms with van der Waals surface area (Å²) in [5.74, 6) is 4.77. The summed E-state index contributed by atoms with van der Waals surface area (Å²) >= 11 is 0. The average Bonchev–Trinajstić information content (AvgIpc) is 3.12. The van der Waals surface area contributed by atoms with Gasteiger partial charge in [-0.3, -0.25) is 0 Å². The topological polar surface area (TPSA) is 55.4 Å². The molecule has 2 aliphatic heterocycles. The van der Waals surface area contributed by atoms with Crippen molar-refractivity contribution >= 4 is 0 Å². The molecule has 2 atom stereocenters. The third-order valence-corrected chi connectivity index (χ3v) is 11.3. The largest absolute Gasteiger partial charge is 0.496 e. The van der Waals surface area contributed by atoms with Crippen LogP contribution in [0.25, 0.3) is 11.1 Å². The highest BCUT2D eigenvalue weighted by molar-refractivity contribution is 5.77. The zero-order chi connectivity index (χ0) is 35.8. The highest BCUT2D eigenvalue weighted by Gasteiger charge is 2.38. The lowest BCUT2D eigenvalue weighted by Crippen LogP contribution is -2.48. The molecule has 0 bridgehead atoms. The molecule has 4 aromatic rings. The molecule has 0 aromatic heterocycles. The zero-order valence-corrected chi connectivity index (χ0v) is 31.5. The van der Waals surface area contributed by atoms with Crippen LogP contribution in [0.5, 0.6) is 34.5 Å². The van der Waals surface area contributed by atoms with Crippen LogP contribution in [0.2, 0.25) is 0 Å². The van der Waals surface area contributed by atoms with Crippen LogP contribution < -0.4 is 28.4 Å². The van der Waals surface area contributed by atoms with Gasteiger partial charge in [0, 0.05) is 47.9 Å². The van der Waals surface area contributed by atoms with E-state index in [0.717, 1.165) is 93.4 Å². The van der Waals surface area contributed by atoms with Gasteiger partial charge in [0.2, 0.25) is 0 Å². The van der Waals surface area contributed by atoms with Gasteiger partial charge in [0.25, 0.3) is 0 Å². The van der Waals surface area contributed by atoms with Crippen LogP contribution in [0.15, 0.2) is 60.7 Å². The minimum absolute atomic E-state index is 0.245. The SMILES string of the molecule is COc1cc2c(cc1OC)[C@@H](Cc1ccc(OC)c(-c3cc(C[C@H]4c5cc(OC)c(OC)cc5CC[N+]4(C)C)ccc3OC)c1)[N+](C)(C)CC2. The Labute approximate surface area is 298 Å². The number of ether oxygens (including phenoxy) is 6. The molecule has 6 rings (SSSR count). The minimum Gasteiger partial charge on any atom is -0.496 e. The van der Waals surface area contributed by atoms with Gasteiger partial charge in [0.1, 0.15) is 23.6 Å². The zero-order valence-electron chi connectivity index (χ0n) is 31.5. The maximum Gasteiger partial charge on any atom is 0.161 e. The number of methoxy groups -OCH3 is 6. The number of quaternary nitrogens is 2. The Morgan fingerprint density at radius 2 is 0.800 bits per heavy atom. The summed E-state index contributed by atoms with van der Waals surface area (Å²) < 4.78 is 36.6. The standard InChI is InChI=1S/C42H54N2O6/c1-43(2)17-15-29-23-39(47-7)41(49-9)25-31(29)35(43)21-27-11-13-37(45-5)33(19-27)34-20-28(12-14-38(34)46-6)22-36-32-26-42(50-10)40(48-8)24-30(32)16-18-44(36,3)4/h11-14,19-20,23-26,35-36H,15-18,21-22H2,1-10H3/q+2/t35-,36+. The highest BCUT2D eigenvalue weighted by Crippen LogP contribution is 2.45. The second-order valence-electron chi connectivity index (χ2n) is 14.8. The number of hydrogen-bond donors (Lipinski definition) is 0. The van der Waals surface area contributed by atoms with Gasteiger partial charge in [-0.15, -0.1) is 0 Å². The summed E-state index contributed by atoms with van der Waals surface area (Å²) in [6.07, 6.45) is 3.73. The lowest BCUT2D eigenvalue weighted by molar-refractivity contribution is -0.923. The first-order chi connectivity index (χ1) is 24.0. The van der Waals surface area contributed by atoms with E-state index in [1.165, 1.54) is 33.4 Å². The van der Waals surface area contributed by atoms with E-state index >= 15 is 0 Å². The van der Waals surface area contributed by atoms with E-state index in [1.54, 1.807) is 42.7 Å². The van der Waals surface area contributed by atoms with E-state index in [1.807, 2.05) is 0 Å². The molecule has 266 valence electrons. The number of hydrogen-bond acceptors (Lipinski definition) is 6. The molecular formula is C42H54N2O6+2. The van der Waals surface area contributed by atoms with Crippen LogP contribution in [0.3, 0.4) is 0 Å². The van der Waals surface area contributed by atoms with Crippen molar-refractivity contribution in [2.45, 2.75) is 37.8 Å². The summed E-state index contributed by atoms with van der Waals surface area (Å²) in [4.78, 5) is 0. The van der Waals surface area contributed by atoms with Gasteiger partial charge >= 0.3 is 0 Å². The van der Waals surface area contributed by atoms with E-state index in [0.29, 0.717) is 0 Å². The second kappa shape index (κ2) is 14.1. The van der Waals surface area contributed by atoms with Crippen molar-refractivity contribution in [2.75, 3.05) is 83.9 Å². The average molecular weight is 683 g/mol. The Morgan fingerprint density at radius 3 is 1.14 bits per heavy atom. The Bertz CT molecular complexity index is 1730. The van der Waals surface area contributed by atoms with Crippen LogP contribution in [0, 0.1) is 0 Å². The molecule has 2 aliphatic rings. The number of rotatable bonds is 11. The number of nitrogens with zero attached hydrogens (tertiary/aromatic N) is 2. The van der Waals surface area contributed by atoms with Crippen LogP contribution >= 0.6 is 0 Å². The molecule has 0 amide bonds. The van der Waals surface area contributed by atoms with Gasteiger partial charge in [-0.1, -0.05) is 12.1 Å². The number of likely N-dealkylation sites (N-methyl/N-ethyl adjacent to an activating group) is 2. The molecule has 0 unspecified atom stereocenters. The fourth-order valence-electron chi connectivity index (χ4n) is 8.15. The fraction of sp³-hybridized carbons (Fsp3) is 0.429. The molecular weight excluding hydrogens is 628 g/mol. The van der Waals surface area contributed by atoms with E-state index in [2.05, 4.69) is 88.9 Å². The monoisotopic (exact) mass is 682 g/mol. The van der Waals surface area contributed by atoms with E-state index in [9.17, 15) is 0 Å². The van der Waals surface area contributed by atoms with Crippen molar-refractivity contribution in [2.24, 2.45) is 0 Å². The first-order valence-electron chi connectivity index (χ1n) is 17.5. The summed E-state index contributed by atoms with van der Waals surface area (Å²) in [5.41, 5.74) is 9.84. The first-order valence-corrected chi connectivity index (χ1v) is 17.5. The van der Waals surface area contributed by atoms with Gasteiger partial charge in [0.05, 0.1) is 83.9 Å². The molecule has 8 nitrogen and oxygen atoms in total. The molecule has 2 heterocycles. The maximum atomic E-state index is 6.00. The minimum atomic E-state index is 0.245. The van der Waals surface area contributed by atoms with Crippen molar-refractivity contribution in [3.63, 3.8) is 0 Å². The normalized spacial score (nSPS) is 18.8.